The lowest BCUT2D eigenvalue weighted by molar-refractivity contribution is 0.527. The van der Waals surface area contributed by atoms with Crippen molar-refractivity contribution in [3.63, 3.8) is 0 Å². The van der Waals surface area contributed by atoms with E-state index in [-0.39, 0.29) is 11.8 Å². The summed E-state index contributed by atoms with van der Waals surface area (Å²) in [6.45, 7) is 2.40. The Morgan fingerprint density at radius 2 is 2.31 bits per heavy atom. The van der Waals surface area contributed by atoms with Crippen molar-refractivity contribution < 1.29 is 8.42 Å². The molecule has 2 heterocycles. The minimum absolute atomic E-state index is 0.0574. The van der Waals surface area contributed by atoms with E-state index in [2.05, 4.69) is 15.4 Å². The number of nitrogens with zero attached hydrogens (tertiary/aromatic N) is 3. The van der Waals surface area contributed by atoms with E-state index in [1.54, 1.807) is 4.68 Å². The van der Waals surface area contributed by atoms with Crippen LogP contribution in [0.3, 0.4) is 0 Å². The first-order valence-corrected chi connectivity index (χ1v) is 7.09. The summed E-state index contributed by atoms with van der Waals surface area (Å²) in [6, 6.07) is 0.0574. The van der Waals surface area contributed by atoms with Crippen LogP contribution in [0.2, 0.25) is 0 Å². The lowest BCUT2D eigenvalue weighted by Crippen LogP contribution is -2.30. The minimum atomic E-state index is -2.81. The number of hydrogen-bond donors (Lipinski definition) is 1. The molecule has 0 radical (unpaired) electrons. The maximum Gasteiger partial charge on any atom is 0.151 e. The van der Waals surface area contributed by atoms with Gasteiger partial charge in [-0.1, -0.05) is 0 Å². The SMILES string of the molecule is Cc1nc(CNC2CCS(=O)(=O)C2)n(C)n1. The van der Waals surface area contributed by atoms with E-state index >= 15 is 0 Å². The number of aryl methyl sites for hydroxylation is 2. The predicted octanol–water partition coefficient (Wildman–Crippen LogP) is -0.600. The number of nitrogens with one attached hydrogen (secondary N) is 1. The van der Waals surface area contributed by atoms with Crippen LogP contribution in [-0.4, -0.2) is 40.7 Å². The highest BCUT2D eigenvalue weighted by Gasteiger charge is 2.27. The summed E-state index contributed by atoms with van der Waals surface area (Å²) >= 11 is 0. The van der Waals surface area contributed by atoms with Gasteiger partial charge in [-0.25, -0.2) is 13.4 Å². The van der Waals surface area contributed by atoms with Crippen LogP contribution < -0.4 is 5.32 Å². The van der Waals surface area contributed by atoms with Crippen LogP contribution in [-0.2, 0) is 23.4 Å². The molecule has 0 saturated carbocycles. The highest BCUT2D eigenvalue weighted by Crippen LogP contribution is 2.11. The second kappa shape index (κ2) is 4.14. The molecule has 0 aromatic carbocycles. The molecule has 0 spiro atoms. The fourth-order valence-corrected chi connectivity index (χ4v) is 3.61. The normalized spacial score (nSPS) is 23.8. The molecule has 16 heavy (non-hydrogen) atoms. The van der Waals surface area contributed by atoms with Crippen LogP contribution in [0, 0.1) is 6.92 Å². The standard InChI is InChI=1S/C9H16N4O2S/c1-7-11-9(13(2)12-7)5-10-8-3-4-16(14,15)6-8/h8,10H,3-6H2,1-2H3. The van der Waals surface area contributed by atoms with Crippen LogP contribution >= 0.6 is 0 Å². The summed E-state index contributed by atoms with van der Waals surface area (Å²) < 4.78 is 24.2. The molecule has 7 heteroatoms. The second-order valence-electron chi connectivity index (χ2n) is 4.18. The fraction of sp³-hybridized carbons (Fsp3) is 0.778. The zero-order valence-electron chi connectivity index (χ0n) is 9.47. The Morgan fingerprint density at radius 1 is 1.56 bits per heavy atom. The molecule has 0 bridgehead atoms. The monoisotopic (exact) mass is 244 g/mol. The number of sulfone groups is 1. The van der Waals surface area contributed by atoms with E-state index in [9.17, 15) is 8.42 Å². The Labute approximate surface area is 95.0 Å². The smallest absolute Gasteiger partial charge is 0.151 e. The van der Waals surface area contributed by atoms with E-state index in [0.29, 0.717) is 18.7 Å². The van der Waals surface area contributed by atoms with Gasteiger partial charge in [0.2, 0.25) is 0 Å². The molecule has 0 aliphatic carbocycles. The average molecular weight is 244 g/mol. The molecular weight excluding hydrogens is 228 g/mol. The summed E-state index contributed by atoms with van der Waals surface area (Å²) in [5.41, 5.74) is 0. The van der Waals surface area contributed by atoms with Gasteiger partial charge in [-0.15, -0.1) is 0 Å². The van der Waals surface area contributed by atoms with E-state index in [1.165, 1.54) is 0 Å². The molecule has 1 aliphatic heterocycles. The molecule has 1 aromatic heterocycles. The van der Waals surface area contributed by atoms with Crippen LogP contribution in [0.25, 0.3) is 0 Å². The predicted molar refractivity (Wildman–Crippen MR) is 59.6 cm³/mol. The van der Waals surface area contributed by atoms with Gasteiger partial charge in [0.05, 0.1) is 18.1 Å². The Bertz CT molecular complexity index is 480. The van der Waals surface area contributed by atoms with E-state index < -0.39 is 9.84 Å². The Balaban J connectivity index is 1.91. The fourth-order valence-electron chi connectivity index (χ4n) is 1.90. The summed E-state index contributed by atoms with van der Waals surface area (Å²) in [4.78, 5) is 4.25. The first-order chi connectivity index (χ1) is 7.46. The van der Waals surface area contributed by atoms with Crippen molar-refractivity contribution >= 4 is 9.84 Å². The molecule has 1 aliphatic rings. The number of hydrogen-bond acceptors (Lipinski definition) is 5. The maximum absolute atomic E-state index is 11.3. The maximum atomic E-state index is 11.3. The second-order valence-corrected chi connectivity index (χ2v) is 6.41. The van der Waals surface area contributed by atoms with Crippen LogP contribution in [0.4, 0.5) is 0 Å². The first kappa shape index (κ1) is 11.5. The summed E-state index contributed by atoms with van der Waals surface area (Å²) in [7, 11) is -0.974. The topological polar surface area (TPSA) is 76.9 Å². The lowest BCUT2D eigenvalue weighted by Gasteiger charge is -2.09. The minimum Gasteiger partial charge on any atom is -0.306 e. The third-order valence-corrected chi connectivity index (χ3v) is 4.51. The van der Waals surface area contributed by atoms with Gasteiger partial charge < -0.3 is 5.32 Å². The molecule has 1 aromatic rings. The average Bonchev–Trinajstić information content (AvgIpc) is 2.66. The number of rotatable bonds is 3. The first-order valence-electron chi connectivity index (χ1n) is 5.26. The van der Waals surface area contributed by atoms with Gasteiger partial charge in [0.15, 0.2) is 9.84 Å². The molecule has 0 amide bonds. The van der Waals surface area contributed by atoms with E-state index in [4.69, 9.17) is 0 Å². The lowest BCUT2D eigenvalue weighted by atomic mass is 10.2. The molecule has 1 atom stereocenters. The summed E-state index contributed by atoms with van der Waals surface area (Å²) in [6.07, 6.45) is 0.694. The molecule has 90 valence electrons. The molecule has 1 saturated heterocycles. The van der Waals surface area contributed by atoms with Crippen LogP contribution in [0.1, 0.15) is 18.1 Å². The summed E-state index contributed by atoms with van der Waals surface area (Å²) in [5, 5.41) is 7.34. The summed E-state index contributed by atoms with van der Waals surface area (Å²) in [5.74, 6) is 2.10. The highest BCUT2D eigenvalue weighted by molar-refractivity contribution is 7.91. The largest absolute Gasteiger partial charge is 0.306 e. The van der Waals surface area contributed by atoms with Crippen molar-refractivity contribution in [3.05, 3.63) is 11.6 Å². The van der Waals surface area contributed by atoms with E-state index in [0.717, 1.165) is 11.6 Å². The van der Waals surface area contributed by atoms with Crippen molar-refractivity contribution in [3.8, 4) is 0 Å². The van der Waals surface area contributed by atoms with Gasteiger partial charge in [-0.3, -0.25) is 4.68 Å². The van der Waals surface area contributed by atoms with Crippen LogP contribution in [0.5, 0.6) is 0 Å². The Kier molecular flexibility index (Phi) is 2.98. The van der Waals surface area contributed by atoms with E-state index in [1.807, 2.05) is 14.0 Å². The third kappa shape index (κ3) is 2.59. The molecule has 6 nitrogen and oxygen atoms in total. The van der Waals surface area contributed by atoms with Gasteiger partial charge in [0.1, 0.15) is 11.6 Å². The van der Waals surface area contributed by atoms with Crippen molar-refractivity contribution in [1.82, 2.24) is 20.1 Å². The van der Waals surface area contributed by atoms with Crippen molar-refractivity contribution in [2.45, 2.75) is 25.9 Å². The zero-order valence-corrected chi connectivity index (χ0v) is 10.3. The van der Waals surface area contributed by atoms with Crippen molar-refractivity contribution in [2.24, 2.45) is 7.05 Å². The Hall–Kier alpha value is -0.950. The third-order valence-electron chi connectivity index (χ3n) is 2.74. The molecule has 1 unspecified atom stereocenters. The van der Waals surface area contributed by atoms with Crippen molar-refractivity contribution in [2.75, 3.05) is 11.5 Å². The molecule has 1 fully saturated rings. The molecule has 1 N–H and O–H groups in total. The van der Waals surface area contributed by atoms with Gasteiger partial charge in [-0.05, 0) is 13.3 Å². The number of aromatic nitrogens is 3. The zero-order chi connectivity index (χ0) is 11.8. The molecular formula is C9H16N4O2S. The molecule has 2 rings (SSSR count). The highest BCUT2D eigenvalue weighted by atomic mass is 32.2. The van der Waals surface area contributed by atoms with Gasteiger partial charge in [0.25, 0.3) is 0 Å². The Morgan fingerprint density at radius 3 is 2.81 bits per heavy atom. The quantitative estimate of drug-likeness (QED) is 0.768. The van der Waals surface area contributed by atoms with Crippen LogP contribution in [0.15, 0.2) is 0 Å². The van der Waals surface area contributed by atoms with Gasteiger partial charge in [0, 0.05) is 13.1 Å². The van der Waals surface area contributed by atoms with Gasteiger partial charge in [-0.2, -0.15) is 5.10 Å². The van der Waals surface area contributed by atoms with Crippen molar-refractivity contribution in [1.29, 1.82) is 0 Å². The van der Waals surface area contributed by atoms with Gasteiger partial charge >= 0.3 is 0 Å².